The van der Waals surface area contributed by atoms with Gasteiger partial charge in [0, 0.05) is 12.8 Å². The van der Waals surface area contributed by atoms with Crippen LogP contribution in [0.15, 0.2) is 25.3 Å². The van der Waals surface area contributed by atoms with Gasteiger partial charge in [0.2, 0.25) is 0 Å². The van der Waals surface area contributed by atoms with Crippen LogP contribution in [0.2, 0.25) is 0 Å². The monoisotopic (exact) mass is 240 g/mol. The van der Waals surface area contributed by atoms with E-state index in [2.05, 4.69) is 13.2 Å². The van der Waals surface area contributed by atoms with E-state index in [4.69, 9.17) is 4.74 Å². The molecule has 3 heteroatoms. The van der Waals surface area contributed by atoms with Gasteiger partial charge in [-0.2, -0.15) is 0 Å². The molecule has 0 unspecified atom stereocenters. The van der Waals surface area contributed by atoms with Crippen LogP contribution in [0.4, 0.5) is 0 Å². The Hall–Kier alpha value is -1.09. The van der Waals surface area contributed by atoms with Gasteiger partial charge in [-0.3, -0.25) is 4.79 Å². The molecule has 0 saturated heterocycles. The van der Waals surface area contributed by atoms with E-state index in [0.717, 1.165) is 25.7 Å². The fourth-order valence-electron chi connectivity index (χ4n) is 1.55. The van der Waals surface area contributed by atoms with Crippen LogP contribution in [0.25, 0.3) is 0 Å². The minimum absolute atomic E-state index is 0.193. The highest BCUT2D eigenvalue weighted by Gasteiger charge is 2.16. The molecule has 0 saturated carbocycles. The van der Waals surface area contributed by atoms with E-state index in [1.54, 1.807) is 6.08 Å². The summed E-state index contributed by atoms with van der Waals surface area (Å²) in [7, 11) is 0. The number of hydrogen-bond acceptors (Lipinski definition) is 3. The normalized spacial score (nSPS) is 13.8. The number of unbranched alkanes of at least 4 members (excludes halogenated alkanes) is 1. The van der Waals surface area contributed by atoms with Gasteiger partial charge >= 0.3 is 5.97 Å². The van der Waals surface area contributed by atoms with Gasteiger partial charge in [-0.25, -0.2) is 0 Å². The first-order valence-electron chi connectivity index (χ1n) is 6.25. The highest BCUT2D eigenvalue weighted by atomic mass is 16.5. The van der Waals surface area contributed by atoms with Crippen molar-refractivity contribution in [1.29, 1.82) is 0 Å². The molecule has 0 fully saturated rings. The van der Waals surface area contributed by atoms with E-state index in [-0.39, 0.29) is 12.1 Å². The Morgan fingerprint density at radius 3 is 2.71 bits per heavy atom. The number of ether oxygens (including phenoxy) is 1. The highest BCUT2D eigenvalue weighted by Crippen LogP contribution is 2.12. The quantitative estimate of drug-likeness (QED) is 0.363. The Morgan fingerprint density at radius 2 is 2.18 bits per heavy atom. The van der Waals surface area contributed by atoms with Crippen molar-refractivity contribution in [3.05, 3.63) is 25.3 Å². The van der Waals surface area contributed by atoms with Crippen molar-refractivity contribution >= 4 is 5.97 Å². The Labute approximate surface area is 104 Å². The maximum absolute atomic E-state index is 11.5. The van der Waals surface area contributed by atoms with Gasteiger partial charge in [-0.05, 0) is 19.3 Å². The smallest absolute Gasteiger partial charge is 0.306 e. The van der Waals surface area contributed by atoms with Gasteiger partial charge in [-0.1, -0.05) is 25.5 Å². The second-order valence-corrected chi connectivity index (χ2v) is 4.12. The molecule has 0 aliphatic heterocycles. The molecule has 0 aromatic carbocycles. The summed E-state index contributed by atoms with van der Waals surface area (Å²) >= 11 is 0. The molecule has 1 N–H and O–H groups in total. The third kappa shape index (κ3) is 8.69. The Bertz CT molecular complexity index is 236. The second kappa shape index (κ2) is 10.1. The van der Waals surface area contributed by atoms with Crippen LogP contribution in [-0.4, -0.2) is 23.3 Å². The Balaban J connectivity index is 4.00. The summed E-state index contributed by atoms with van der Waals surface area (Å²) in [5.41, 5.74) is 0. The average molecular weight is 240 g/mol. The molecule has 0 rings (SSSR count). The molecule has 0 radical (unpaired) electrons. The lowest BCUT2D eigenvalue weighted by molar-refractivity contribution is -0.150. The molecule has 0 heterocycles. The summed E-state index contributed by atoms with van der Waals surface area (Å²) in [5, 5.41) is 9.46. The van der Waals surface area contributed by atoms with Crippen LogP contribution in [-0.2, 0) is 9.53 Å². The van der Waals surface area contributed by atoms with Crippen LogP contribution < -0.4 is 0 Å². The lowest BCUT2D eigenvalue weighted by Crippen LogP contribution is -2.22. The summed E-state index contributed by atoms with van der Waals surface area (Å²) < 4.78 is 5.33. The van der Waals surface area contributed by atoms with E-state index in [1.807, 2.05) is 6.92 Å². The van der Waals surface area contributed by atoms with Crippen molar-refractivity contribution in [1.82, 2.24) is 0 Å². The molecule has 2 atom stereocenters. The second-order valence-electron chi connectivity index (χ2n) is 4.12. The summed E-state index contributed by atoms with van der Waals surface area (Å²) in [6.07, 6.45) is 6.59. The standard InChI is InChI=1S/C14H24O3/c1-4-7-8-10-14(16)17-13(9-5-2)11-12(15)6-3/h4,6,12-13,15H,1,3,5,7-11H2,2H3/t12-,13+/m0/s1. The predicted octanol–water partition coefficient (Wildman–Crippen LogP) is 2.99. The third-order valence-corrected chi connectivity index (χ3v) is 2.47. The molecule has 0 spiro atoms. The van der Waals surface area contributed by atoms with Crippen LogP contribution in [0.3, 0.4) is 0 Å². The van der Waals surface area contributed by atoms with Crippen molar-refractivity contribution in [3.63, 3.8) is 0 Å². The van der Waals surface area contributed by atoms with E-state index < -0.39 is 6.10 Å². The number of allylic oxidation sites excluding steroid dienone is 1. The maximum atomic E-state index is 11.5. The molecule has 0 aliphatic rings. The Kier molecular flexibility index (Phi) is 9.44. The topological polar surface area (TPSA) is 46.5 Å². The lowest BCUT2D eigenvalue weighted by Gasteiger charge is -2.18. The van der Waals surface area contributed by atoms with E-state index in [9.17, 15) is 9.90 Å². The lowest BCUT2D eigenvalue weighted by atomic mass is 10.1. The number of rotatable bonds is 10. The minimum atomic E-state index is -0.604. The van der Waals surface area contributed by atoms with Crippen LogP contribution in [0.5, 0.6) is 0 Å². The number of carbonyl (C=O) groups is 1. The summed E-state index contributed by atoms with van der Waals surface area (Å²) in [6, 6.07) is 0. The zero-order valence-electron chi connectivity index (χ0n) is 10.7. The number of esters is 1. The first-order chi connectivity index (χ1) is 8.13. The molecular weight excluding hydrogens is 216 g/mol. The fourth-order valence-corrected chi connectivity index (χ4v) is 1.55. The number of carbonyl (C=O) groups excluding carboxylic acids is 1. The van der Waals surface area contributed by atoms with E-state index >= 15 is 0 Å². The van der Waals surface area contributed by atoms with Crippen molar-refractivity contribution in [2.75, 3.05) is 0 Å². The molecule has 0 amide bonds. The molecule has 0 bridgehead atoms. The summed E-state index contributed by atoms with van der Waals surface area (Å²) in [6.45, 7) is 9.14. The third-order valence-electron chi connectivity index (χ3n) is 2.47. The molecule has 0 aromatic rings. The molecule has 17 heavy (non-hydrogen) atoms. The first-order valence-corrected chi connectivity index (χ1v) is 6.25. The van der Waals surface area contributed by atoms with Gasteiger partial charge in [-0.15, -0.1) is 13.2 Å². The van der Waals surface area contributed by atoms with Crippen molar-refractivity contribution < 1.29 is 14.6 Å². The number of aliphatic hydroxyl groups is 1. The van der Waals surface area contributed by atoms with Crippen LogP contribution in [0, 0.1) is 0 Å². The number of aliphatic hydroxyl groups excluding tert-OH is 1. The molecule has 0 aliphatic carbocycles. The zero-order chi connectivity index (χ0) is 13.1. The van der Waals surface area contributed by atoms with Crippen molar-refractivity contribution in [3.8, 4) is 0 Å². The van der Waals surface area contributed by atoms with Gasteiger partial charge in [0.25, 0.3) is 0 Å². The number of hydrogen-bond donors (Lipinski definition) is 1. The molecule has 98 valence electrons. The van der Waals surface area contributed by atoms with E-state index in [1.165, 1.54) is 6.08 Å². The summed E-state index contributed by atoms with van der Waals surface area (Å²) in [4.78, 5) is 11.5. The first kappa shape index (κ1) is 15.9. The van der Waals surface area contributed by atoms with Crippen molar-refractivity contribution in [2.45, 2.75) is 57.7 Å². The van der Waals surface area contributed by atoms with Gasteiger partial charge in [0.05, 0.1) is 6.10 Å². The van der Waals surface area contributed by atoms with Crippen LogP contribution in [0.1, 0.15) is 45.4 Å². The zero-order valence-corrected chi connectivity index (χ0v) is 10.7. The van der Waals surface area contributed by atoms with Gasteiger partial charge < -0.3 is 9.84 Å². The summed E-state index contributed by atoms with van der Waals surface area (Å²) in [5.74, 6) is -0.193. The Morgan fingerprint density at radius 1 is 1.47 bits per heavy atom. The minimum Gasteiger partial charge on any atom is -0.462 e. The predicted molar refractivity (Wildman–Crippen MR) is 69.7 cm³/mol. The fraction of sp³-hybridized carbons (Fsp3) is 0.643. The van der Waals surface area contributed by atoms with Crippen LogP contribution >= 0.6 is 0 Å². The molecule has 3 nitrogen and oxygen atoms in total. The average Bonchev–Trinajstić information content (AvgIpc) is 2.29. The highest BCUT2D eigenvalue weighted by molar-refractivity contribution is 5.69. The largest absolute Gasteiger partial charge is 0.462 e. The van der Waals surface area contributed by atoms with Gasteiger partial charge in [0.1, 0.15) is 6.10 Å². The van der Waals surface area contributed by atoms with Gasteiger partial charge in [0.15, 0.2) is 0 Å². The van der Waals surface area contributed by atoms with E-state index in [0.29, 0.717) is 12.8 Å². The molecular formula is C14H24O3. The van der Waals surface area contributed by atoms with Crippen molar-refractivity contribution in [2.24, 2.45) is 0 Å². The maximum Gasteiger partial charge on any atom is 0.306 e. The SMILES string of the molecule is C=CCCCC(=O)O[C@H](CCC)C[C@@H](O)C=C. The molecule has 0 aromatic heterocycles.